The molecule has 1 saturated carbocycles. The fourth-order valence-electron chi connectivity index (χ4n) is 2.14. The van der Waals surface area contributed by atoms with Crippen LogP contribution in [0.3, 0.4) is 0 Å². The number of aromatic nitrogens is 1. The highest BCUT2D eigenvalue weighted by atomic mass is 19.4. The maximum atomic E-state index is 12.5. The molecule has 0 radical (unpaired) electrons. The van der Waals surface area contributed by atoms with Crippen molar-refractivity contribution in [2.75, 3.05) is 0 Å². The average molecular weight is 315 g/mol. The van der Waals surface area contributed by atoms with Gasteiger partial charge in [0.2, 0.25) is 0 Å². The number of aliphatic carboxylic acids is 1. The molecule has 8 heteroatoms. The van der Waals surface area contributed by atoms with Gasteiger partial charge < -0.3 is 9.84 Å². The number of hydrogen-bond acceptors (Lipinski definition) is 4. The second-order valence-corrected chi connectivity index (χ2v) is 4.87. The molecule has 1 heterocycles. The summed E-state index contributed by atoms with van der Waals surface area (Å²) in [5, 5.41) is 8.44. The van der Waals surface area contributed by atoms with Crippen molar-refractivity contribution >= 4 is 11.9 Å². The van der Waals surface area contributed by atoms with Gasteiger partial charge >= 0.3 is 18.1 Å². The molecule has 0 bridgehead atoms. The van der Waals surface area contributed by atoms with Gasteiger partial charge in [-0.15, -0.1) is 0 Å². The predicted octanol–water partition coefficient (Wildman–Crippen LogP) is 2.66. The number of pyridine rings is 1. The van der Waals surface area contributed by atoms with Crippen LogP contribution in [0.4, 0.5) is 13.2 Å². The molecule has 1 fully saturated rings. The van der Waals surface area contributed by atoms with Gasteiger partial charge in [0.15, 0.2) is 0 Å². The number of nitrogens with zero attached hydrogens (tertiary/aromatic N) is 1. The first kappa shape index (κ1) is 16.0. The Bertz CT molecular complexity index is 604. The van der Waals surface area contributed by atoms with E-state index in [0.717, 1.165) is 24.8 Å². The first-order valence-electron chi connectivity index (χ1n) is 6.41. The summed E-state index contributed by atoms with van der Waals surface area (Å²) < 4.78 is 42.7. The van der Waals surface area contributed by atoms with E-state index >= 15 is 0 Å². The number of carboxylic acid groups (broad SMARTS) is 1. The van der Waals surface area contributed by atoms with E-state index in [4.69, 9.17) is 9.84 Å². The van der Waals surface area contributed by atoms with Gasteiger partial charge in [-0.3, -0.25) is 4.98 Å². The number of halogens is 3. The number of carbonyl (C=O) groups is 2. The fraction of sp³-hybridized carbons (Fsp3) is 0.357. The molecule has 0 aliphatic heterocycles. The van der Waals surface area contributed by atoms with Crippen LogP contribution in [0.1, 0.15) is 30.5 Å². The summed E-state index contributed by atoms with van der Waals surface area (Å²) in [6.45, 7) is 0. The van der Waals surface area contributed by atoms with E-state index in [2.05, 4.69) is 4.98 Å². The molecule has 0 aromatic carbocycles. The van der Waals surface area contributed by atoms with Crippen molar-refractivity contribution in [3.63, 3.8) is 0 Å². The topological polar surface area (TPSA) is 76.5 Å². The third-order valence-electron chi connectivity index (χ3n) is 3.40. The van der Waals surface area contributed by atoms with Crippen LogP contribution >= 0.6 is 0 Å². The van der Waals surface area contributed by atoms with Crippen molar-refractivity contribution in [2.45, 2.75) is 31.0 Å². The summed E-state index contributed by atoms with van der Waals surface area (Å²) in [6, 6.07) is 2.06. The van der Waals surface area contributed by atoms with Gasteiger partial charge in [-0.25, -0.2) is 9.59 Å². The third-order valence-corrected chi connectivity index (χ3v) is 3.40. The lowest BCUT2D eigenvalue weighted by Gasteiger charge is -2.40. The molecule has 0 amide bonds. The van der Waals surface area contributed by atoms with Crippen LogP contribution in [0.5, 0.6) is 0 Å². The van der Waals surface area contributed by atoms with Gasteiger partial charge in [-0.1, -0.05) is 6.07 Å². The fourth-order valence-corrected chi connectivity index (χ4v) is 2.14. The van der Waals surface area contributed by atoms with Gasteiger partial charge in [0.05, 0.1) is 0 Å². The minimum absolute atomic E-state index is 0.365. The van der Waals surface area contributed by atoms with Crippen LogP contribution in [-0.2, 0) is 26.1 Å². The highest BCUT2D eigenvalue weighted by molar-refractivity contribution is 5.91. The summed E-state index contributed by atoms with van der Waals surface area (Å²) >= 11 is 0. The third kappa shape index (κ3) is 3.44. The van der Waals surface area contributed by atoms with Crippen LogP contribution in [-0.4, -0.2) is 22.0 Å². The van der Waals surface area contributed by atoms with Crippen molar-refractivity contribution in [3.8, 4) is 0 Å². The van der Waals surface area contributed by atoms with Gasteiger partial charge in [-0.2, -0.15) is 13.2 Å². The molecule has 1 aromatic rings. The molecule has 0 spiro atoms. The van der Waals surface area contributed by atoms with E-state index in [1.54, 1.807) is 0 Å². The second kappa shape index (κ2) is 5.78. The average Bonchev–Trinajstić information content (AvgIpc) is 2.40. The summed E-state index contributed by atoms with van der Waals surface area (Å²) in [7, 11) is 0. The highest BCUT2D eigenvalue weighted by Gasteiger charge is 2.43. The maximum Gasteiger partial charge on any atom is 0.433 e. The quantitative estimate of drug-likeness (QED) is 0.683. The molecular formula is C14H12F3NO4. The molecule has 118 valence electrons. The predicted molar refractivity (Wildman–Crippen MR) is 67.6 cm³/mol. The zero-order valence-electron chi connectivity index (χ0n) is 11.3. The minimum Gasteiger partial charge on any atom is -0.478 e. The standard InChI is InChI=1S/C14H12F3NO4/c15-14(16,17)10-3-2-9(8-18-10)13(6-1-7-13)22-12(21)5-4-11(19)20/h2-5,8H,1,6-7H2,(H,19,20)/b5-4+. The number of hydrogen-bond donors (Lipinski definition) is 1. The van der Waals surface area contributed by atoms with Crippen molar-refractivity contribution < 1.29 is 32.6 Å². The van der Waals surface area contributed by atoms with Crippen LogP contribution in [0.25, 0.3) is 0 Å². The lowest BCUT2D eigenvalue weighted by Crippen LogP contribution is -2.39. The van der Waals surface area contributed by atoms with Crippen LogP contribution in [0.15, 0.2) is 30.5 Å². The van der Waals surface area contributed by atoms with Gasteiger partial charge in [0, 0.05) is 23.9 Å². The van der Waals surface area contributed by atoms with E-state index in [9.17, 15) is 22.8 Å². The normalized spacial score (nSPS) is 17.0. The number of alkyl halides is 3. The van der Waals surface area contributed by atoms with E-state index < -0.39 is 29.4 Å². The van der Waals surface area contributed by atoms with Crippen molar-refractivity contribution in [1.82, 2.24) is 4.98 Å². The smallest absolute Gasteiger partial charge is 0.433 e. The first-order valence-corrected chi connectivity index (χ1v) is 6.41. The minimum atomic E-state index is -4.54. The Balaban J connectivity index is 2.17. The van der Waals surface area contributed by atoms with Crippen LogP contribution in [0.2, 0.25) is 0 Å². The second-order valence-electron chi connectivity index (χ2n) is 4.87. The lowest BCUT2D eigenvalue weighted by atomic mass is 9.75. The maximum absolute atomic E-state index is 12.5. The molecule has 0 atom stereocenters. The van der Waals surface area contributed by atoms with Gasteiger partial charge in [0.25, 0.3) is 0 Å². The largest absolute Gasteiger partial charge is 0.478 e. The zero-order chi connectivity index (χ0) is 16.4. The Morgan fingerprint density at radius 1 is 1.27 bits per heavy atom. The van der Waals surface area contributed by atoms with E-state index in [1.165, 1.54) is 6.07 Å². The number of rotatable bonds is 4. The van der Waals surface area contributed by atoms with E-state index in [0.29, 0.717) is 24.5 Å². The molecular weight excluding hydrogens is 303 g/mol. The SMILES string of the molecule is O=C(O)/C=C/C(=O)OC1(c2ccc(C(F)(F)F)nc2)CCC1. The molecule has 0 saturated heterocycles. The van der Waals surface area contributed by atoms with Gasteiger partial charge in [-0.05, 0) is 25.3 Å². The van der Waals surface area contributed by atoms with Crippen molar-refractivity contribution in [3.05, 3.63) is 41.7 Å². The molecule has 1 N–H and O–H groups in total. The van der Waals surface area contributed by atoms with Crippen LogP contribution in [0, 0.1) is 0 Å². The number of carbonyl (C=O) groups excluding carboxylic acids is 1. The molecule has 1 aromatic heterocycles. The van der Waals surface area contributed by atoms with E-state index in [-0.39, 0.29) is 0 Å². The Morgan fingerprint density at radius 2 is 1.95 bits per heavy atom. The summed E-state index contributed by atoms with van der Waals surface area (Å²) in [5.41, 5.74) is -1.69. The molecule has 0 unspecified atom stereocenters. The number of ether oxygens (including phenoxy) is 1. The van der Waals surface area contributed by atoms with Crippen molar-refractivity contribution in [1.29, 1.82) is 0 Å². The van der Waals surface area contributed by atoms with Crippen molar-refractivity contribution in [2.24, 2.45) is 0 Å². The molecule has 2 rings (SSSR count). The Morgan fingerprint density at radius 3 is 2.36 bits per heavy atom. The molecule has 1 aliphatic rings. The molecule has 5 nitrogen and oxygen atoms in total. The molecule has 1 aliphatic carbocycles. The Labute approximate surface area is 123 Å². The zero-order valence-corrected chi connectivity index (χ0v) is 11.3. The number of carboxylic acids is 1. The van der Waals surface area contributed by atoms with Crippen LogP contribution < -0.4 is 0 Å². The Hall–Kier alpha value is -2.38. The summed E-state index contributed by atoms with van der Waals surface area (Å²) in [4.78, 5) is 25.3. The summed E-state index contributed by atoms with van der Waals surface area (Å²) in [6.07, 6.45) is -0.446. The van der Waals surface area contributed by atoms with Gasteiger partial charge in [0.1, 0.15) is 11.3 Å². The molecule has 22 heavy (non-hydrogen) atoms. The lowest BCUT2D eigenvalue weighted by molar-refractivity contribution is -0.165. The summed E-state index contributed by atoms with van der Waals surface area (Å²) in [5.74, 6) is -2.15. The first-order chi connectivity index (χ1) is 10.2. The van der Waals surface area contributed by atoms with E-state index in [1.807, 2.05) is 0 Å². The number of esters is 1. The highest BCUT2D eigenvalue weighted by Crippen LogP contribution is 2.45. The monoisotopic (exact) mass is 315 g/mol. The Kier molecular flexibility index (Phi) is 4.20.